The lowest BCUT2D eigenvalue weighted by Crippen LogP contribution is -2.00. The number of fused-ring (bicyclic) bond motifs is 1. The molecule has 84 valence electrons. The van der Waals surface area contributed by atoms with Crippen LogP contribution < -0.4 is 11.5 Å². The van der Waals surface area contributed by atoms with Gasteiger partial charge in [0, 0.05) is 17.0 Å². The predicted molar refractivity (Wildman–Crippen MR) is 65.9 cm³/mol. The third-order valence-corrected chi connectivity index (χ3v) is 2.50. The van der Waals surface area contributed by atoms with Crippen LogP contribution in [0.4, 0.5) is 11.8 Å². The summed E-state index contributed by atoms with van der Waals surface area (Å²) in [4.78, 5) is 7.98. The average molecular weight is 226 g/mol. The average Bonchev–Trinajstić information content (AvgIpc) is 2.74. The number of H-pyrrole nitrogens is 1. The Morgan fingerprint density at radius 3 is 2.76 bits per heavy atom. The molecule has 0 unspecified atom stereocenters. The molecule has 0 saturated carbocycles. The zero-order valence-corrected chi connectivity index (χ0v) is 8.88. The third-order valence-electron chi connectivity index (χ3n) is 2.50. The number of anilines is 2. The van der Waals surface area contributed by atoms with Crippen LogP contribution in [0.2, 0.25) is 0 Å². The van der Waals surface area contributed by atoms with Crippen molar-refractivity contribution in [2.45, 2.75) is 0 Å². The Labute approximate surface area is 96.7 Å². The van der Waals surface area contributed by atoms with E-state index >= 15 is 0 Å². The Balaban J connectivity index is 2.19. The Kier molecular flexibility index (Phi) is 1.94. The topological polar surface area (TPSA) is 106 Å². The highest BCUT2D eigenvalue weighted by atomic mass is 15.1. The summed E-state index contributed by atoms with van der Waals surface area (Å²) >= 11 is 0. The lowest BCUT2D eigenvalue weighted by atomic mass is 10.1. The van der Waals surface area contributed by atoms with Crippen LogP contribution in [0.25, 0.3) is 22.2 Å². The summed E-state index contributed by atoms with van der Waals surface area (Å²) in [6, 6.07) is 7.54. The first-order valence-corrected chi connectivity index (χ1v) is 5.06. The molecule has 0 spiro atoms. The van der Waals surface area contributed by atoms with Gasteiger partial charge in [-0.3, -0.25) is 5.10 Å². The number of aromatic nitrogens is 4. The van der Waals surface area contributed by atoms with Gasteiger partial charge in [-0.25, -0.2) is 4.98 Å². The molecule has 3 aromatic rings. The molecule has 0 radical (unpaired) electrons. The second kappa shape index (κ2) is 3.44. The van der Waals surface area contributed by atoms with Crippen molar-refractivity contribution in [3.63, 3.8) is 0 Å². The van der Waals surface area contributed by atoms with Crippen LogP contribution in [0.3, 0.4) is 0 Å². The van der Waals surface area contributed by atoms with E-state index < -0.39 is 0 Å². The van der Waals surface area contributed by atoms with Gasteiger partial charge in [0.25, 0.3) is 0 Å². The van der Waals surface area contributed by atoms with Crippen molar-refractivity contribution in [1.29, 1.82) is 0 Å². The van der Waals surface area contributed by atoms with Gasteiger partial charge in [-0.2, -0.15) is 10.1 Å². The molecule has 5 N–H and O–H groups in total. The minimum atomic E-state index is 0.171. The number of rotatable bonds is 1. The van der Waals surface area contributed by atoms with E-state index in [1.165, 1.54) is 0 Å². The van der Waals surface area contributed by atoms with E-state index in [9.17, 15) is 0 Å². The van der Waals surface area contributed by atoms with Crippen molar-refractivity contribution >= 4 is 22.7 Å². The zero-order valence-electron chi connectivity index (χ0n) is 8.88. The van der Waals surface area contributed by atoms with Gasteiger partial charge < -0.3 is 11.5 Å². The summed E-state index contributed by atoms with van der Waals surface area (Å²) in [6.07, 6.45) is 1.77. The molecule has 0 amide bonds. The van der Waals surface area contributed by atoms with Crippen LogP contribution in [-0.2, 0) is 0 Å². The van der Waals surface area contributed by atoms with Gasteiger partial charge in [0.2, 0.25) is 5.95 Å². The van der Waals surface area contributed by atoms with Crippen LogP contribution in [0.15, 0.2) is 30.5 Å². The molecule has 0 atom stereocenters. The van der Waals surface area contributed by atoms with Gasteiger partial charge >= 0.3 is 0 Å². The van der Waals surface area contributed by atoms with Crippen molar-refractivity contribution in [2.24, 2.45) is 0 Å². The normalized spacial score (nSPS) is 10.8. The minimum Gasteiger partial charge on any atom is -0.384 e. The van der Waals surface area contributed by atoms with Gasteiger partial charge in [-0.1, -0.05) is 12.1 Å². The van der Waals surface area contributed by atoms with Gasteiger partial charge in [-0.15, -0.1) is 0 Å². The predicted octanol–water partition coefficient (Wildman–Crippen LogP) is 1.18. The molecule has 2 heterocycles. The first-order valence-electron chi connectivity index (χ1n) is 5.06. The fourth-order valence-electron chi connectivity index (χ4n) is 1.73. The van der Waals surface area contributed by atoms with Gasteiger partial charge in [0.05, 0.1) is 17.4 Å². The van der Waals surface area contributed by atoms with E-state index in [1.807, 2.05) is 18.2 Å². The highest BCUT2D eigenvalue weighted by Crippen LogP contribution is 2.23. The number of hydrogen-bond acceptors (Lipinski definition) is 5. The maximum absolute atomic E-state index is 5.64. The second-order valence-electron chi connectivity index (χ2n) is 3.71. The van der Waals surface area contributed by atoms with Crippen molar-refractivity contribution < 1.29 is 0 Å². The molecule has 0 saturated heterocycles. The summed E-state index contributed by atoms with van der Waals surface area (Å²) < 4.78 is 0. The van der Waals surface area contributed by atoms with E-state index in [-0.39, 0.29) is 5.95 Å². The van der Waals surface area contributed by atoms with Crippen LogP contribution >= 0.6 is 0 Å². The monoisotopic (exact) mass is 226 g/mol. The number of nitrogens with zero attached hydrogens (tertiary/aromatic N) is 3. The van der Waals surface area contributed by atoms with E-state index in [4.69, 9.17) is 11.5 Å². The van der Waals surface area contributed by atoms with Crippen molar-refractivity contribution in [1.82, 2.24) is 20.2 Å². The molecule has 1 aromatic carbocycles. The molecule has 2 aromatic heterocycles. The van der Waals surface area contributed by atoms with Gasteiger partial charge in [0.1, 0.15) is 5.82 Å². The fourth-order valence-corrected chi connectivity index (χ4v) is 1.73. The maximum atomic E-state index is 5.64. The lowest BCUT2D eigenvalue weighted by molar-refractivity contribution is 1.12. The number of aromatic amines is 1. The zero-order chi connectivity index (χ0) is 11.8. The number of benzene rings is 1. The van der Waals surface area contributed by atoms with Crippen LogP contribution in [0, 0.1) is 0 Å². The van der Waals surface area contributed by atoms with E-state index in [1.54, 1.807) is 12.3 Å². The van der Waals surface area contributed by atoms with Crippen molar-refractivity contribution in [3.8, 4) is 11.3 Å². The highest BCUT2D eigenvalue weighted by Gasteiger charge is 2.04. The molecular weight excluding hydrogens is 216 g/mol. The Morgan fingerprint density at radius 2 is 1.94 bits per heavy atom. The Hall–Kier alpha value is -2.63. The molecule has 0 aliphatic carbocycles. The molecule has 0 fully saturated rings. The van der Waals surface area contributed by atoms with Crippen LogP contribution in [-0.4, -0.2) is 20.2 Å². The summed E-state index contributed by atoms with van der Waals surface area (Å²) in [7, 11) is 0. The number of nitrogens with two attached hydrogens (primary N) is 2. The smallest absolute Gasteiger partial charge is 0.222 e. The molecule has 6 heteroatoms. The summed E-state index contributed by atoms with van der Waals surface area (Å²) in [5.41, 5.74) is 13.8. The van der Waals surface area contributed by atoms with Crippen molar-refractivity contribution in [3.05, 3.63) is 30.5 Å². The fraction of sp³-hybridized carbons (Fsp3) is 0. The summed E-state index contributed by atoms with van der Waals surface area (Å²) in [6.45, 7) is 0. The first kappa shape index (κ1) is 9.59. The lowest BCUT2D eigenvalue weighted by Gasteiger charge is -2.03. The second-order valence-corrected chi connectivity index (χ2v) is 3.71. The number of nitrogen functional groups attached to an aromatic ring is 2. The SMILES string of the molecule is Nc1cc(-c2ccc3cn[nH]c3c2)nc(N)n1. The molecule has 0 aliphatic rings. The maximum Gasteiger partial charge on any atom is 0.222 e. The van der Waals surface area contributed by atoms with Crippen LogP contribution in [0.5, 0.6) is 0 Å². The largest absolute Gasteiger partial charge is 0.384 e. The van der Waals surface area contributed by atoms with Gasteiger partial charge in [0.15, 0.2) is 0 Å². The van der Waals surface area contributed by atoms with E-state index in [0.717, 1.165) is 16.5 Å². The molecular formula is C11H10N6. The van der Waals surface area contributed by atoms with E-state index in [2.05, 4.69) is 20.2 Å². The number of hydrogen-bond donors (Lipinski definition) is 3. The summed E-state index contributed by atoms with van der Waals surface area (Å²) in [5.74, 6) is 0.530. The Morgan fingerprint density at radius 1 is 1.06 bits per heavy atom. The Bertz CT molecular complexity index is 667. The van der Waals surface area contributed by atoms with Crippen LogP contribution in [0.1, 0.15) is 0 Å². The number of nitrogens with one attached hydrogen (secondary N) is 1. The molecule has 17 heavy (non-hydrogen) atoms. The van der Waals surface area contributed by atoms with Crippen molar-refractivity contribution in [2.75, 3.05) is 11.5 Å². The van der Waals surface area contributed by atoms with Gasteiger partial charge in [-0.05, 0) is 6.07 Å². The quantitative estimate of drug-likeness (QED) is 0.577. The molecule has 0 bridgehead atoms. The van der Waals surface area contributed by atoms with E-state index in [0.29, 0.717) is 11.5 Å². The molecule has 6 nitrogen and oxygen atoms in total. The first-order chi connectivity index (χ1) is 8.22. The molecule has 0 aliphatic heterocycles. The third kappa shape index (κ3) is 1.65. The standard InChI is InChI=1S/C11H10N6/c12-10-4-8(15-11(13)16-10)6-1-2-7-5-14-17-9(7)3-6/h1-5H,(H,14,17)(H4,12,13,15,16). The minimum absolute atomic E-state index is 0.171. The molecule has 3 rings (SSSR count). The summed E-state index contributed by atoms with van der Waals surface area (Å²) in [5, 5.41) is 7.91. The highest BCUT2D eigenvalue weighted by molar-refractivity contribution is 5.83.